The Hall–Kier alpha value is -2.15. The van der Waals surface area contributed by atoms with Gasteiger partial charge in [-0.15, -0.1) is 11.3 Å². The summed E-state index contributed by atoms with van der Waals surface area (Å²) in [4.78, 5) is 19.6. The van der Waals surface area contributed by atoms with E-state index in [1.807, 2.05) is 35.7 Å². The predicted molar refractivity (Wildman–Crippen MR) is 113 cm³/mol. The molecule has 0 unspecified atom stereocenters. The number of pyridine rings is 1. The number of anilines is 2. The molecule has 3 heterocycles. The molecule has 0 aliphatic carbocycles. The van der Waals surface area contributed by atoms with Crippen molar-refractivity contribution in [1.82, 2.24) is 4.98 Å². The summed E-state index contributed by atoms with van der Waals surface area (Å²) >= 11 is 7.73. The maximum atomic E-state index is 12.9. The van der Waals surface area contributed by atoms with Crippen LogP contribution in [0.3, 0.4) is 0 Å². The highest BCUT2D eigenvalue weighted by molar-refractivity contribution is 7.17. The van der Waals surface area contributed by atoms with Gasteiger partial charge in [-0.1, -0.05) is 11.6 Å². The lowest BCUT2D eigenvalue weighted by molar-refractivity contribution is 0.102. The maximum absolute atomic E-state index is 12.9. The van der Waals surface area contributed by atoms with E-state index in [4.69, 9.17) is 17.3 Å². The molecular weight excluding hydrogens is 380 g/mol. The second kappa shape index (κ2) is 7.84. The summed E-state index contributed by atoms with van der Waals surface area (Å²) in [5.74, 6) is 0.412. The molecule has 1 amide bonds. The minimum absolute atomic E-state index is 0.166. The molecule has 1 aliphatic heterocycles. The number of nitrogens with zero attached hydrogens (tertiary/aromatic N) is 2. The molecule has 140 valence electrons. The van der Waals surface area contributed by atoms with Crippen molar-refractivity contribution in [3.05, 3.63) is 52.5 Å². The van der Waals surface area contributed by atoms with Gasteiger partial charge in [-0.3, -0.25) is 9.78 Å². The molecule has 1 saturated heterocycles. The molecule has 1 aromatic carbocycles. The number of hydrogen-bond donors (Lipinski definition) is 2. The average Bonchev–Trinajstić information content (AvgIpc) is 3.13. The van der Waals surface area contributed by atoms with Gasteiger partial charge in [0, 0.05) is 29.7 Å². The van der Waals surface area contributed by atoms with Crippen molar-refractivity contribution in [1.29, 1.82) is 0 Å². The third-order valence-electron chi connectivity index (χ3n) is 5.07. The Labute approximate surface area is 167 Å². The van der Waals surface area contributed by atoms with E-state index in [-0.39, 0.29) is 5.91 Å². The number of hydrogen-bond acceptors (Lipinski definition) is 5. The number of aromatic nitrogens is 1. The average molecular weight is 401 g/mol. The number of nitrogens with one attached hydrogen (secondary N) is 1. The number of rotatable bonds is 4. The summed E-state index contributed by atoms with van der Waals surface area (Å²) in [6.45, 7) is 2.58. The lowest BCUT2D eigenvalue weighted by Gasteiger charge is -2.34. The van der Waals surface area contributed by atoms with Crippen LogP contribution in [0, 0.1) is 5.92 Å². The number of nitrogens with two attached hydrogens (primary N) is 1. The van der Waals surface area contributed by atoms with Crippen LogP contribution in [0.4, 0.5) is 11.4 Å². The van der Waals surface area contributed by atoms with Crippen LogP contribution in [-0.4, -0.2) is 30.5 Å². The normalized spacial score (nSPS) is 15.3. The fourth-order valence-corrected chi connectivity index (χ4v) is 4.58. The van der Waals surface area contributed by atoms with E-state index in [2.05, 4.69) is 15.2 Å². The van der Waals surface area contributed by atoms with Gasteiger partial charge in [-0.25, -0.2) is 0 Å². The van der Waals surface area contributed by atoms with Crippen molar-refractivity contribution in [3.63, 3.8) is 0 Å². The van der Waals surface area contributed by atoms with E-state index in [1.165, 1.54) is 11.3 Å². The van der Waals surface area contributed by atoms with Gasteiger partial charge in [0.25, 0.3) is 5.91 Å². The van der Waals surface area contributed by atoms with E-state index in [0.717, 1.165) is 54.1 Å². The van der Waals surface area contributed by atoms with Crippen molar-refractivity contribution in [2.24, 2.45) is 11.7 Å². The second-order valence-corrected chi connectivity index (χ2v) is 8.13. The second-order valence-electron chi connectivity index (χ2n) is 6.78. The zero-order valence-corrected chi connectivity index (χ0v) is 16.4. The van der Waals surface area contributed by atoms with E-state index < -0.39 is 0 Å². The van der Waals surface area contributed by atoms with Gasteiger partial charge in [0.2, 0.25) is 0 Å². The van der Waals surface area contributed by atoms with E-state index >= 15 is 0 Å². The van der Waals surface area contributed by atoms with Gasteiger partial charge < -0.3 is 16.0 Å². The number of benzene rings is 1. The predicted octanol–water partition coefficient (Wildman–Crippen LogP) is 4.38. The molecule has 0 atom stereocenters. The summed E-state index contributed by atoms with van der Waals surface area (Å²) in [5.41, 5.74) is 8.85. The van der Waals surface area contributed by atoms with Crippen LogP contribution >= 0.6 is 22.9 Å². The fraction of sp³-hybridized carbons (Fsp3) is 0.300. The number of thiophene rings is 1. The number of piperidine rings is 1. The zero-order valence-electron chi connectivity index (χ0n) is 14.8. The van der Waals surface area contributed by atoms with Crippen molar-refractivity contribution >= 4 is 50.4 Å². The number of halogens is 1. The van der Waals surface area contributed by atoms with Crippen LogP contribution in [0.25, 0.3) is 10.2 Å². The van der Waals surface area contributed by atoms with Gasteiger partial charge in [0.1, 0.15) is 0 Å². The van der Waals surface area contributed by atoms with Crippen molar-refractivity contribution < 1.29 is 4.79 Å². The molecule has 1 fully saturated rings. The molecule has 7 heteroatoms. The minimum Gasteiger partial charge on any atom is -0.370 e. The Bertz CT molecular complexity index is 966. The molecule has 3 aromatic rings. The molecule has 1 aliphatic rings. The quantitative estimate of drug-likeness (QED) is 0.681. The SMILES string of the molecule is NCC1CCN(c2ccc(Cl)cc2NC(=O)c2csc3cccnc23)CC1. The lowest BCUT2D eigenvalue weighted by Crippen LogP contribution is -2.36. The van der Waals surface area contributed by atoms with Crippen LogP contribution < -0.4 is 16.0 Å². The summed E-state index contributed by atoms with van der Waals surface area (Å²) in [5, 5.41) is 5.49. The van der Waals surface area contributed by atoms with Gasteiger partial charge >= 0.3 is 0 Å². The summed E-state index contributed by atoms with van der Waals surface area (Å²) in [7, 11) is 0. The highest BCUT2D eigenvalue weighted by atomic mass is 35.5. The third kappa shape index (κ3) is 3.78. The van der Waals surface area contributed by atoms with Crippen LogP contribution in [0.15, 0.2) is 41.9 Å². The molecule has 0 spiro atoms. The first-order valence-corrected chi connectivity index (χ1v) is 10.3. The molecule has 27 heavy (non-hydrogen) atoms. The van der Waals surface area contributed by atoms with E-state index in [1.54, 1.807) is 6.20 Å². The Morgan fingerprint density at radius 1 is 1.33 bits per heavy atom. The summed E-state index contributed by atoms with van der Waals surface area (Å²) in [6, 6.07) is 9.50. The van der Waals surface area contributed by atoms with Crippen molar-refractivity contribution in [2.75, 3.05) is 29.9 Å². The summed E-state index contributed by atoms with van der Waals surface area (Å²) < 4.78 is 0.998. The Morgan fingerprint density at radius 2 is 2.15 bits per heavy atom. The molecule has 0 saturated carbocycles. The first-order valence-electron chi connectivity index (χ1n) is 9.04. The van der Waals surface area contributed by atoms with E-state index in [0.29, 0.717) is 16.5 Å². The van der Waals surface area contributed by atoms with Crippen LogP contribution in [0.2, 0.25) is 5.02 Å². The van der Waals surface area contributed by atoms with Crippen LogP contribution in [0.1, 0.15) is 23.2 Å². The van der Waals surface area contributed by atoms with Gasteiger partial charge in [-0.2, -0.15) is 0 Å². The number of carbonyl (C=O) groups excluding carboxylic acids is 1. The van der Waals surface area contributed by atoms with Gasteiger partial charge in [0.05, 0.1) is 27.2 Å². The topological polar surface area (TPSA) is 71.2 Å². The Morgan fingerprint density at radius 3 is 2.93 bits per heavy atom. The number of carbonyl (C=O) groups is 1. The molecule has 0 radical (unpaired) electrons. The molecule has 4 rings (SSSR count). The largest absolute Gasteiger partial charge is 0.370 e. The standard InChI is InChI=1S/C20H21ClN4OS/c21-14-3-4-17(25-8-5-13(11-22)6-9-25)16(10-14)24-20(26)15-12-27-18-2-1-7-23-19(15)18/h1-4,7,10,12-13H,5-6,8-9,11,22H2,(H,24,26). The van der Waals surface area contributed by atoms with Crippen LogP contribution in [-0.2, 0) is 0 Å². The summed E-state index contributed by atoms with van der Waals surface area (Å²) in [6.07, 6.45) is 3.83. The molecule has 2 aromatic heterocycles. The van der Waals surface area contributed by atoms with Gasteiger partial charge in [-0.05, 0) is 55.6 Å². The Balaban J connectivity index is 1.60. The first-order chi connectivity index (χ1) is 13.2. The molecule has 3 N–H and O–H groups in total. The number of amides is 1. The number of fused-ring (bicyclic) bond motifs is 1. The van der Waals surface area contributed by atoms with Gasteiger partial charge in [0.15, 0.2) is 0 Å². The van der Waals surface area contributed by atoms with Crippen molar-refractivity contribution in [3.8, 4) is 0 Å². The smallest absolute Gasteiger partial charge is 0.258 e. The molecule has 5 nitrogen and oxygen atoms in total. The minimum atomic E-state index is -0.166. The molecular formula is C20H21ClN4OS. The molecule has 0 bridgehead atoms. The first kappa shape index (κ1) is 18.2. The van der Waals surface area contributed by atoms with Crippen molar-refractivity contribution in [2.45, 2.75) is 12.8 Å². The zero-order chi connectivity index (χ0) is 18.8. The fourth-order valence-electron chi connectivity index (χ4n) is 3.51. The maximum Gasteiger partial charge on any atom is 0.258 e. The lowest BCUT2D eigenvalue weighted by atomic mass is 9.96. The monoisotopic (exact) mass is 400 g/mol. The highest BCUT2D eigenvalue weighted by Crippen LogP contribution is 2.33. The van der Waals surface area contributed by atoms with Crippen LogP contribution in [0.5, 0.6) is 0 Å². The highest BCUT2D eigenvalue weighted by Gasteiger charge is 2.22. The van der Waals surface area contributed by atoms with E-state index in [9.17, 15) is 4.79 Å². The Kier molecular flexibility index (Phi) is 5.29. The third-order valence-corrected chi connectivity index (χ3v) is 6.24.